The summed E-state index contributed by atoms with van der Waals surface area (Å²) in [7, 11) is 2.89. The molecule has 0 spiro atoms. The molecule has 9 heteroatoms. The standard InChI is InChI=1S/C20H19N3O6/c1-26-15-7-9-16(10-8-15)28-12-17-22-18(29-23-17)11-21-19(24)13-3-5-14(6-4-13)20(25)27-2/h3-10H,11-12H2,1-2H3,(H,21,24). The summed E-state index contributed by atoms with van der Waals surface area (Å²) in [4.78, 5) is 27.8. The molecule has 0 atom stereocenters. The molecule has 0 fully saturated rings. The number of ether oxygens (including phenoxy) is 3. The van der Waals surface area contributed by atoms with Crippen molar-refractivity contribution in [2.24, 2.45) is 0 Å². The number of esters is 1. The van der Waals surface area contributed by atoms with Crippen LogP contribution < -0.4 is 14.8 Å². The van der Waals surface area contributed by atoms with Gasteiger partial charge in [-0.2, -0.15) is 4.98 Å². The molecular weight excluding hydrogens is 378 g/mol. The summed E-state index contributed by atoms with van der Waals surface area (Å²) in [5, 5.41) is 6.49. The molecule has 0 saturated heterocycles. The number of nitrogens with zero attached hydrogens (tertiary/aromatic N) is 2. The van der Waals surface area contributed by atoms with E-state index < -0.39 is 5.97 Å². The van der Waals surface area contributed by atoms with Gasteiger partial charge in [0.05, 0.1) is 26.3 Å². The number of aromatic nitrogens is 2. The van der Waals surface area contributed by atoms with E-state index in [2.05, 4.69) is 20.2 Å². The van der Waals surface area contributed by atoms with Crippen molar-refractivity contribution in [2.75, 3.05) is 14.2 Å². The molecule has 0 radical (unpaired) electrons. The molecule has 1 aromatic heterocycles. The third-order valence-corrected chi connectivity index (χ3v) is 3.91. The first-order valence-electron chi connectivity index (χ1n) is 8.64. The topological polar surface area (TPSA) is 113 Å². The number of hydrogen-bond acceptors (Lipinski definition) is 8. The van der Waals surface area contributed by atoms with Crippen LogP contribution in [0.3, 0.4) is 0 Å². The van der Waals surface area contributed by atoms with Gasteiger partial charge < -0.3 is 24.1 Å². The Morgan fingerprint density at radius 3 is 2.28 bits per heavy atom. The molecule has 0 unspecified atom stereocenters. The number of rotatable bonds is 8. The lowest BCUT2D eigenvalue weighted by molar-refractivity contribution is 0.0600. The van der Waals surface area contributed by atoms with Crippen molar-refractivity contribution in [3.63, 3.8) is 0 Å². The fourth-order valence-corrected chi connectivity index (χ4v) is 2.37. The van der Waals surface area contributed by atoms with Crippen molar-refractivity contribution in [2.45, 2.75) is 13.2 Å². The van der Waals surface area contributed by atoms with E-state index in [9.17, 15) is 9.59 Å². The Morgan fingerprint density at radius 1 is 0.966 bits per heavy atom. The van der Waals surface area contributed by atoms with E-state index in [1.807, 2.05) is 0 Å². The first-order valence-corrected chi connectivity index (χ1v) is 8.64. The number of methoxy groups -OCH3 is 2. The maximum atomic E-state index is 12.2. The molecular formula is C20H19N3O6. The van der Waals surface area contributed by atoms with E-state index >= 15 is 0 Å². The smallest absolute Gasteiger partial charge is 0.337 e. The molecule has 1 N–H and O–H groups in total. The predicted octanol–water partition coefficient (Wildman–Crippen LogP) is 2.37. The van der Waals surface area contributed by atoms with Crippen LogP contribution in [0, 0.1) is 0 Å². The highest BCUT2D eigenvalue weighted by molar-refractivity contribution is 5.96. The minimum Gasteiger partial charge on any atom is -0.497 e. The Hall–Kier alpha value is -3.88. The number of benzene rings is 2. The molecule has 0 saturated carbocycles. The number of carbonyl (C=O) groups is 2. The van der Waals surface area contributed by atoms with Gasteiger partial charge in [0.25, 0.3) is 5.91 Å². The maximum Gasteiger partial charge on any atom is 0.337 e. The van der Waals surface area contributed by atoms with E-state index in [1.165, 1.54) is 31.4 Å². The Bertz CT molecular complexity index is 967. The molecule has 3 aromatic rings. The lowest BCUT2D eigenvalue weighted by Gasteiger charge is -2.04. The zero-order valence-corrected chi connectivity index (χ0v) is 15.9. The Kier molecular flexibility index (Phi) is 6.41. The van der Waals surface area contributed by atoms with Crippen molar-refractivity contribution < 1.29 is 28.3 Å². The molecule has 29 heavy (non-hydrogen) atoms. The number of nitrogens with one attached hydrogen (secondary N) is 1. The van der Waals surface area contributed by atoms with Crippen LogP contribution in [0.25, 0.3) is 0 Å². The van der Waals surface area contributed by atoms with E-state index in [1.54, 1.807) is 31.4 Å². The lowest BCUT2D eigenvalue weighted by Crippen LogP contribution is -2.23. The highest BCUT2D eigenvalue weighted by Gasteiger charge is 2.12. The Labute approximate surface area is 166 Å². The summed E-state index contributed by atoms with van der Waals surface area (Å²) in [6.07, 6.45) is 0. The normalized spacial score (nSPS) is 10.3. The third-order valence-electron chi connectivity index (χ3n) is 3.91. The molecule has 0 aliphatic heterocycles. The van der Waals surface area contributed by atoms with Crippen LogP contribution in [0.5, 0.6) is 11.5 Å². The van der Waals surface area contributed by atoms with Crippen molar-refractivity contribution in [1.82, 2.24) is 15.5 Å². The van der Waals surface area contributed by atoms with Crippen LogP contribution in [0.2, 0.25) is 0 Å². The van der Waals surface area contributed by atoms with Crippen LogP contribution in [0.15, 0.2) is 53.1 Å². The second kappa shape index (κ2) is 9.36. The van der Waals surface area contributed by atoms with Gasteiger partial charge in [-0.1, -0.05) is 5.16 Å². The van der Waals surface area contributed by atoms with Gasteiger partial charge in [-0.15, -0.1) is 0 Å². The summed E-state index contributed by atoms with van der Waals surface area (Å²) in [5.74, 6) is 1.17. The minimum atomic E-state index is -0.466. The molecule has 9 nitrogen and oxygen atoms in total. The fraction of sp³-hybridized carbons (Fsp3) is 0.200. The van der Waals surface area contributed by atoms with Gasteiger partial charge in [0.1, 0.15) is 11.5 Å². The summed E-state index contributed by atoms with van der Waals surface area (Å²) < 4.78 is 20.4. The fourth-order valence-electron chi connectivity index (χ4n) is 2.37. The maximum absolute atomic E-state index is 12.2. The van der Waals surface area contributed by atoms with Crippen molar-refractivity contribution >= 4 is 11.9 Å². The second-order valence-electron chi connectivity index (χ2n) is 5.82. The molecule has 150 valence electrons. The highest BCUT2D eigenvalue weighted by atomic mass is 16.5. The average molecular weight is 397 g/mol. The van der Waals surface area contributed by atoms with Gasteiger partial charge >= 0.3 is 5.97 Å². The first-order chi connectivity index (χ1) is 14.1. The van der Waals surface area contributed by atoms with Crippen LogP contribution in [0.4, 0.5) is 0 Å². The lowest BCUT2D eigenvalue weighted by atomic mass is 10.1. The largest absolute Gasteiger partial charge is 0.497 e. The van der Waals surface area contributed by atoms with Crippen LogP contribution >= 0.6 is 0 Å². The molecule has 3 rings (SSSR count). The average Bonchev–Trinajstić information content (AvgIpc) is 3.23. The number of amides is 1. The van der Waals surface area contributed by atoms with Gasteiger partial charge in [0.2, 0.25) is 11.7 Å². The first kappa shape index (κ1) is 19.9. The summed E-state index contributed by atoms with van der Waals surface area (Å²) >= 11 is 0. The van der Waals surface area contributed by atoms with Gasteiger partial charge in [0, 0.05) is 5.56 Å². The Balaban J connectivity index is 1.49. The SMILES string of the molecule is COC(=O)c1ccc(C(=O)NCc2nc(COc3ccc(OC)cc3)no2)cc1. The molecule has 0 bridgehead atoms. The van der Waals surface area contributed by atoms with Gasteiger partial charge in [-0.3, -0.25) is 4.79 Å². The van der Waals surface area contributed by atoms with Gasteiger partial charge in [-0.05, 0) is 48.5 Å². The predicted molar refractivity (Wildman–Crippen MR) is 101 cm³/mol. The van der Waals surface area contributed by atoms with Crippen LogP contribution in [-0.4, -0.2) is 36.2 Å². The minimum absolute atomic E-state index is 0.0626. The zero-order chi connectivity index (χ0) is 20.6. The molecule has 1 amide bonds. The van der Waals surface area contributed by atoms with Crippen molar-refractivity contribution in [1.29, 1.82) is 0 Å². The second-order valence-corrected chi connectivity index (χ2v) is 5.82. The molecule has 1 heterocycles. The number of carbonyl (C=O) groups excluding carboxylic acids is 2. The summed E-state index contributed by atoms with van der Waals surface area (Å²) in [5.41, 5.74) is 0.752. The third kappa shape index (κ3) is 5.32. The highest BCUT2D eigenvalue weighted by Crippen LogP contribution is 2.17. The molecule has 2 aromatic carbocycles. The van der Waals surface area contributed by atoms with Gasteiger partial charge in [-0.25, -0.2) is 4.79 Å². The van der Waals surface area contributed by atoms with E-state index in [4.69, 9.17) is 14.0 Å². The molecule has 0 aliphatic carbocycles. The van der Waals surface area contributed by atoms with Crippen molar-refractivity contribution in [3.8, 4) is 11.5 Å². The van der Waals surface area contributed by atoms with E-state index in [0.717, 1.165) is 5.75 Å². The van der Waals surface area contributed by atoms with Crippen molar-refractivity contribution in [3.05, 3.63) is 71.4 Å². The summed E-state index contributed by atoms with van der Waals surface area (Å²) in [6, 6.07) is 13.2. The van der Waals surface area contributed by atoms with E-state index in [-0.39, 0.29) is 24.9 Å². The quantitative estimate of drug-likeness (QED) is 0.577. The van der Waals surface area contributed by atoms with Crippen LogP contribution in [0.1, 0.15) is 32.4 Å². The number of hydrogen-bond donors (Lipinski definition) is 1. The van der Waals surface area contributed by atoms with Gasteiger partial charge in [0.15, 0.2) is 6.61 Å². The van der Waals surface area contributed by atoms with E-state index in [0.29, 0.717) is 22.7 Å². The van der Waals surface area contributed by atoms with Crippen LogP contribution in [-0.2, 0) is 17.9 Å². The summed E-state index contributed by atoms with van der Waals surface area (Å²) in [6.45, 7) is 0.186. The monoisotopic (exact) mass is 397 g/mol. The molecule has 0 aliphatic rings. The Morgan fingerprint density at radius 2 is 1.62 bits per heavy atom. The zero-order valence-electron chi connectivity index (χ0n) is 15.9.